The van der Waals surface area contributed by atoms with Gasteiger partial charge >= 0.3 is 0 Å². The Morgan fingerprint density at radius 1 is 1.35 bits per heavy atom. The molecule has 0 saturated carbocycles. The van der Waals surface area contributed by atoms with Gasteiger partial charge in [-0.15, -0.1) is 5.10 Å². The SMILES string of the molecule is CNC(Cc1ccoc1)c1ccc(OC)nn1. The zero-order chi connectivity index (χ0) is 12.1. The van der Waals surface area contributed by atoms with Crippen molar-refractivity contribution < 1.29 is 9.15 Å². The summed E-state index contributed by atoms with van der Waals surface area (Å²) in [4.78, 5) is 0. The molecule has 2 aromatic rings. The van der Waals surface area contributed by atoms with Gasteiger partial charge in [0, 0.05) is 6.07 Å². The monoisotopic (exact) mass is 233 g/mol. The predicted molar refractivity (Wildman–Crippen MR) is 62.8 cm³/mol. The van der Waals surface area contributed by atoms with Gasteiger partial charge in [-0.2, -0.15) is 5.10 Å². The fraction of sp³-hybridized carbons (Fsp3) is 0.333. The van der Waals surface area contributed by atoms with Crippen LogP contribution in [0, 0.1) is 0 Å². The topological polar surface area (TPSA) is 60.2 Å². The molecule has 1 atom stereocenters. The molecule has 2 aromatic heterocycles. The third-order valence-electron chi connectivity index (χ3n) is 2.60. The van der Waals surface area contributed by atoms with Gasteiger partial charge in [0.05, 0.1) is 31.4 Å². The van der Waals surface area contributed by atoms with Crippen molar-refractivity contribution in [3.8, 4) is 5.88 Å². The second kappa shape index (κ2) is 5.45. The van der Waals surface area contributed by atoms with Crippen LogP contribution < -0.4 is 10.1 Å². The lowest BCUT2D eigenvalue weighted by atomic mass is 10.1. The first kappa shape index (κ1) is 11.6. The Bertz CT molecular complexity index is 439. The van der Waals surface area contributed by atoms with Crippen LogP contribution >= 0.6 is 0 Å². The normalized spacial score (nSPS) is 12.4. The maximum atomic E-state index is 5.05. The maximum absolute atomic E-state index is 5.05. The van der Waals surface area contributed by atoms with Crippen molar-refractivity contribution >= 4 is 0 Å². The van der Waals surface area contributed by atoms with Gasteiger partial charge in [0.25, 0.3) is 0 Å². The highest BCUT2D eigenvalue weighted by Gasteiger charge is 2.13. The molecule has 5 heteroatoms. The fourth-order valence-corrected chi connectivity index (χ4v) is 1.62. The Balaban J connectivity index is 2.11. The molecule has 5 nitrogen and oxygen atoms in total. The highest BCUT2D eigenvalue weighted by atomic mass is 16.5. The van der Waals surface area contributed by atoms with Crippen molar-refractivity contribution in [1.29, 1.82) is 0 Å². The van der Waals surface area contributed by atoms with Crippen LogP contribution in [0.5, 0.6) is 5.88 Å². The van der Waals surface area contributed by atoms with E-state index in [0.29, 0.717) is 5.88 Å². The molecular weight excluding hydrogens is 218 g/mol. The summed E-state index contributed by atoms with van der Waals surface area (Å²) >= 11 is 0. The van der Waals surface area contributed by atoms with E-state index in [9.17, 15) is 0 Å². The van der Waals surface area contributed by atoms with Crippen molar-refractivity contribution in [3.63, 3.8) is 0 Å². The van der Waals surface area contributed by atoms with Crippen LogP contribution in [0.25, 0.3) is 0 Å². The molecule has 0 aromatic carbocycles. The molecule has 0 radical (unpaired) electrons. The van der Waals surface area contributed by atoms with Gasteiger partial charge in [-0.3, -0.25) is 0 Å². The molecule has 0 fully saturated rings. The van der Waals surface area contributed by atoms with Crippen molar-refractivity contribution in [1.82, 2.24) is 15.5 Å². The molecule has 0 aliphatic heterocycles. The summed E-state index contributed by atoms with van der Waals surface area (Å²) in [6.45, 7) is 0. The lowest BCUT2D eigenvalue weighted by molar-refractivity contribution is 0.389. The van der Waals surface area contributed by atoms with E-state index < -0.39 is 0 Å². The number of hydrogen-bond acceptors (Lipinski definition) is 5. The molecule has 0 amide bonds. The Morgan fingerprint density at radius 3 is 2.76 bits per heavy atom. The molecule has 2 rings (SSSR count). The van der Waals surface area contributed by atoms with E-state index in [1.54, 1.807) is 19.6 Å². The summed E-state index contributed by atoms with van der Waals surface area (Å²) in [5.41, 5.74) is 2.01. The van der Waals surface area contributed by atoms with Crippen LogP contribution in [0.4, 0.5) is 0 Å². The third kappa shape index (κ3) is 2.82. The van der Waals surface area contributed by atoms with E-state index in [0.717, 1.165) is 17.7 Å². The van der Waals surface area contributed by atoms with E-state index in [2.05, 4.69) is 15.5 Å². The minimum absolute atomic E-state index is 0.117. The summed E-state index contributed by atoms with van der Waals surface area (Å²) in [6.07, 6.45) is 4.22. The average Bonchev–Trinajstić information content (AvgIpc) is 2.89. The Hall–Kier alpha value is -1.88. The van der Waals surface area contributed by atoms with Gasteiger partial charge in [-0.1, -0.05) is 0 Å². The molecule has 0 spiro atoms. The molecule has 0 aliphatic carbocycles. The molecular formula is C12H15N3O2. The molecule has 1 N–H and O–H groups in total. The van der Waals surface area contributed by atoms with E-state index in [-0.39, 0.29) is 6.04 Å². The second-order valence-corrected chi connectivity index (χ2v) is 3.68. The highest BCUT2D eigenvalue weighted by molar-refractivity contribution is 5.17. The molecule has 2 heterocycles. The first-order chi connectivity index (χ1) is 8.33. The Labute approximate surface area is 99.8 Å². The number of rotatable bonds is 5. The van der Waals surface area contributed by atoms with Gasteiger partial charge in [-0.25, -0.2) is 0 Å². The summed E-state index contributed by atoms with van der Waals surface area (Å²) in [5, 5.41) is 11.3. The van der Waals surface area contributed by atoms with E-state index in [1.165, 1.54) is 0 Å². The number of hydrogen-bond donors (Lipinski definition) is 1. The van der Waals surface area contributed by atoms with Crippen LogP contribution in [0.15, 0.2) is 35.1 Å². The molecule has 17 heavy (non-hydrogen) atoms. The number of furan rings is 1. The minimum Gasteiger partial charge on any atom is -0.480 e. The van der Waals surface area contributed by atoms with Crippen LogP contribution in [-0.2, 0) is 6.42 Å². The number of nitrogens with one attached hydrogen (secondary N) is 1. The first-order valence-corrected chi connectivity index (χ1v) is 5.39. The second-order valence-electron chi connectivity index (χ2n) is 3.68. The standard InChI is InChI=1S/C12H15N3O2/c1-13-11(7-9-5-6-17-8-9)10-3-4-12(16-2)15-14-10/h3-6,8,11,13H,7H2,1-2H3. The Kier molecular flexibility index (Phi) is 3.72. The van der Waals surface area contributed by atoms with Crippen molar-refractivity contribution in [2.75, 3.05) is 14.2 Å². The Morgan fingerprint density at radius 2 is 2.24 bits per heavy atom. The predicted octanol–water partition coefficient (Wildman–Crippen LogP) is 1.58. The summed E-state index contributed by atoms with van der Waals surface area (Å²) in [7, 11) is 3.47. The number of likely N-dealkylation sites (N-methyl/N-ethyl adjacent to an activating group) is 1. The van der Waals surface area contributed by atoms with Crippen LogP contribution in [0.3, 0.4) is 0 Å². The lowest BCUT2D eigenvalue weighted by Gasteiger charge is -2.13. The summed E-state index contributed by atoms with van der Waals surface area (Å²) in [6, 6.07) is 5.78. The molecule has 0 bridgehead atoms. The molecule has 0 saturated heterocycles. The van der Waals surface area contributed by atoms with E-state index >= 15 is 0 Å². The van der Waals surface area contributed by atoms with Gasteiger partial charge in [0.1, 0.15) is 0 Å². The number of nitrogens with zero attached hydrogens (tertiary/aromatic N) is 2. The third-order valence-corrected chi connectivity index (χ3v) is 2.60. The van der Waals surface area contributed by atoms with Crippen LogP contribution in [0.1, 0.15) is 17.3 Å². The lowest BCUT2D eigenvalue weighted by Crippen LogP contribution is -2.20. The summed E-state index contributed by atoms with van der Waals surface area (Å²) in [5.74, 6) is 0.520. The minimum atomic E-state index is 0.117. The largest absolute Gasteiger partial charge is 0.480 e. The smallest absolute Gasteiger partial charge is 0.233 e. The number of ether oxygens (including phenoxy) is 1. The zero-order valence-electron chi connectivity index (χ0n) is 9.88. The van der Waals surface area contributed by atoms with Gasteiger partial charge in [0.15, 0.2) is 0 Å². The van der Waals surface area contributed by atoms with Gasteiger partial charge < -0.3 is 14.5 Å². The maximum Gasteiger partial charge on any atom is 0.233 e. The fourth-order valence-electron chi connectivity index (χ4n) is 1.62. The quantitative estimate of drug-likeness (QED) is 0.849. The molecule has 90 valence electrons. The highest BCUT2D eigenvalue weighted by Crippen LogP contribution is 2.17. The zero-order valence-corrected chi connectivity index (χ0v) is 9.88. The number of methoxy groups -OCH3 is 1. The van der Waals surface area contributed by atoms with Crippen molar-refractivity contribution in [3.05, 3.63) is 42.0 Å². The first-order valence-electron chi connectivity index (χ1n) is 5.39. The molecule has 0 aliphatic rings. The van der Waals surface area contributed by atoms with Gasteiger partial charge in [0.2, 0.25) is 5.88 Å². The van der Waals surface area contributed by atoms with Gasteiger partial charge in [-0.05, 0) is 31.2 Å². The van der Waals surface area contributed by atoms with Crippen molar-refractivity contribution in [2.45, 2.75) is 12.5 Å². The number of aromatic nitrogens is 2. The summed E-state index contributed by atoms with van der Waals surface area (Å²) < 4.78 is 10.0. The molecule has 1 unspecified atom stereocenters. The van der Waals surface area contributed by atoms with Crippen LogP contribution in [0.2, 0.25) is 0 Å². The average molecular weight is 233 g/mol. The van der Waals surface area contributed by atoms with Crippen molar-refractivity contribution in [2.24, 2.45) is 0 Å². The van der Waals surface area contributed by atoms with E-state index in [1.807, 2.05) is 25.2 Å². The van der Waals surface area contributed by atoms with Crippen LogP contribution in [-0.4, -0.2) is 24.4 Å². The van der Waals surface area contributed by atoms with E-state index in [4.69, 9.17) is 9.15 Å².